The van der Waals surface area contributed by atoms with Crippen LogP contribution in [0.5, 0.6) is 0 Å². The van der Waals surface area contributed by atoms with Crippen LogP contribution in [0.2, 0.25) is 0 Å². The summed E-state index contributed by atoms with van der Waals surface area (Å²) < 4.78 is 57.8. The molecule has 0 rings (SSSR count). The maximum Gasteiger partial charge on any atom is 0.330 e. The van der Waals surface area contributed by atoms with E-state index in [0.29, 0.717) is 6.42 Å². The molecule has 118 valence electrons. The van der Waals surface area contributed by atoms with E-state index in [9.17, 15) is 27.2 Å². The summed E-state index contributed by atoms with van der Waals surface area (Å²) in [6.45, 7) is 0.969. The van der Waals surface area contributed by atoms with Gasteiger partial charge in [0.05, 0.1) is 6.61 Å². The van der Waals surface area contributed by atoms with Crippen LogP contribution < -0.4 is 0 Å². The van der Waals surface area contributed by atoms with Crippen LogP contribution in [0.1, 0.15) is 26.7 Å². The molecule has 0 aromatic heterocycles. The Kier molecular flexibility index (Phi) is 8.36. The minimum atomic E-state index is -4.32. The van der Waals surface area contributed by atoms with Crippen molar-refractivity contribution in [3.8, 4) is 0 Å². The maximum atomic E-state index is 12.5. The van der Waals surface area contributed by atoms with Crippen molar-refractivity contribution in [3.05, 3.63) is 0 Å². The van der Waals surface area contributed by atoms with E-state index >= 15 is 0 Å². The van der Waals surface area contributed by atoms with E-state index < -0.39 is 43.2 Å². The van der Waals surface area contributed by atoms with Gasteiger partial charge < -0.3 is 9.47 Å². The predicted octanol–water partition coefficient (Wildman–Crippen LogP) is 2.45. The zero-order valence-corrected chi connectivity index (χ0v) is 11.3. The highest BCUT2D eigenvalue weighted by molar-refractivity contribution is 5.99. The molecule has 0 radical (unpaired) electrons. The van der Waals surface area contributed by atoms with Gasteiger partial charge in [-0.3, -0.25) is 9.59 Å². The van der Waals surface area contributed by atoms with Gasteiger partial charge in [-0.1, -0.05) is 13.3 Å². The van der Waals surface area contributed by atoms with Gasteiger partial charge >= 0.3 is 18.3 Å². The van der Waals surface area contributed by atoms with Crippen LogP contribution >= 0.6 is 0 Å². The van der Waals surface area contributed by atoms with Crippen molar-refractivity contribution in [1.82, 2.24) is 0 Å². The molecule has 4 nitrogen and oxygen atoms in total. The smallest absolute Gasteiger partial charge is 0.330 e. The standard InChI is InChI=1S/C12H18F4O4/c1-3-5-8(10(18)20-4-2)9(17)6-19-7-12(15,16)11(13)14/h8,11H,3-7H2,1-2H3. The Bertz CT molecular complexity index is 321. The van der Waals surface area contributed by atoms with Gasteiger partial charge in [-0.05, 0) is 13.3 Å². The van der Waals surface area contributed by atoms with Gasteiger partial charge in [0, 0.05) is 0 Å². The number of rotatable bonds is 10. The second kappa shape index (κ2) is 8.89. The Morgan fingerprint density at radius 1 is 1.20 bits per heavy atom. The van der Waals surface area contributed by atoms with Crippen molar-refractivity contribution in [2.45, 2.75) is 39.0 Å². The van der Waals surface area contributed by atoms with Gasteiger partial charge in [0.2, 0.25) is 0 Å². The average Bonchev–Trinajstić information content (AvgIpc) is 2.35. The van der Waals surface area contributed by atoms with E-state index in [4.69, 9.17) is 0 Å². The molecular formula is C12H18F4O4. The fourth-order valence-corrected chi connectivity index (χ4v) is 1.39. The zero-order chi connectivity index (χ0) is 15.8. The van der Waals surface area contributed by atoms with E-state index in [1.54, 1.807) is 13.8 Å². The van der Waals surface area contributed by atoms with Crippen LogP contribution in [0.15, 0.2) is 0 Å². The lowest BCUT2D eigenvalue weighted by Crippen LogP contribution is -2.35. The van der Waals surface area contributed by atoms with Crippen molar-refractivity contribution in [2.24, 2.45) is 5.92 Å². The van der Waals surface area contributed by atoms with Gasteiger partial charge in [0.25, 0.3) is 0 Å². The first-order chi connectivity index (χ1) is 9.26. The second-order valence-electron chi connectivity index (χ2n) is 4.11. The summed E-state index contributed by atoms with van der Waals surface area (Å²) in [5.74, 6) is -6.94. The van der Waals surface area contributed by atoms with E-state index in [1.807, 2.05) is 0 Å². The maximum absolute atomic E-state index is 12.5. The molecule has 0 N–H and O–H groups in total. The highest BCUT2D eigenvalue weighted by Gasteiger charge is 2.41. The van der Waals surface area contributed by atoms with Crippen molar-refractivity contribution < 1.29 is 36.6 Å². The second-order valence-corrected chi connectivity index (χ2v) is 4.11. The lowest BCUT2D eigenvalue weighted by molar-refractivity contribution is -0.170. The van der Waals surface area contributed by atoms with Crippen LogP contribution in [0.3, 0.4) is 0 Å². The summed E-state index contributed by atoms with van der Waals surface area (Å²) in [7, 11) is 0. The van der Waals surface area contributed by atoms with E-state index in [2.05, 4.69) is 9.47 Å². The first-order valence-corrected chi connectivity index (χ1v) is 6.19. The summed E-state index contributed by atoms with van der Waals surface area (Å²) in [4.78, 5) is 23.1. The fourth-order valence-electron chi connectivity index (χ4n) is 1.39. The van der Waals surface area contributed by atoms with E-state index in [0.717, 1.165) is 0 Å². The summed E-state index contributed by atoms with van der Waals surface area (Å²) in [6.07, 6.45) is -3.18. The van der Waals surface area contributed by atoms with Gasteiger partial charge in [0.1, 0.15) is 19.1 Å². The number of ketones is 1. The molecule has 0 aliphatic carbocycles. The Morgan fingerprint density at radius 3 is 2.25 bits per heavy atom. The summed E-state index contributed by atoms with van der Waals surface area (Å²) in [5, 5.41) is 0. The molecule has 0 spiro atoms. The number of Topliss-reactive ketones (excluding diaryl/α,β-unsaturated/α-hetero) is 1. The highest BCUT2D eigenvalue weighted by atomic mass is 19.3. The minimum Gasteiger partial charge on any atom is -0.465 e. The molecule has 0 saturated carbocycles. The lowest BCUT2D eigenvalue weighted by atomic mass is 9.99. The van der Waals surface area contributed by atoms with Gasteiger partial charge in [-0.25, -0.2) is 8.78 Å². The molecule has 8 heteroatoms. The van der Waals surface area contributed by atoms with E-state index in [-0.39, 0.29) is 13.0 Å². The Hall–Kier alpha value is -1.18. The molecule has 0 aliphatic heterocycles. The first-order valence-electron chi connectivity index (χ1n) is 6.19. The molecule has 0 saturated heterocycles. The van der Waals surface area contributed by atoms with Crippen LogP contribution in [-0.4, -0.2) is 43.9 Å². The normalized spacial score (nSPS) is 13.3. The van der Waals surface area contributed by atoms with E-state index in [1.165, 1.54) is 0 Å². The molecule has 0 fully saturated rings. The van der Waals surface area contributed by atoms with Crippen LogP contribution in [0.4, 0.5) is 17.6 Å². The number of hydrogen-bond acceptors (Lipinski definition) is 4. The van der Waals surface area contributed by atoms with Crippen molar-refractivity contribution >= 4 is 11.8 Å². The highest BCUT2D eigenvalue weighted by Crippen LogP contribution is 2.23. The van der Waals surface area contributed by atoms with Gasteiger partial charge in [0.15, 0.2) is 5.78 Å². The first kappa shape index (κ1) is 18.8. The SMILES string of the molecule is CCCC(C(=O)COCC(F)(F)C(F)F)C(=O)OCC. The fraction of sp³-hybridized carbons (Fsp3) is 0.833. The molecular weight excluding hydrogens is 284 g/mol. The number of hydrogen-bond donors (Lipinski definition) is 0. The van der Waals surface area contributed by atoms with Crippen LogP contribution in [0.25, 0.3) is 0 Å². The molecule has 0 aromatic rings. The monoisotopic (exact) mass is 302 g/mol. The summed E-state index contributed by atoms with van der Waals surface area (Å²) >= 11 is 0. The minimum absolute atomic E-state index is 0.0800. The lowest BCUT2D eigenvalue weighted by Gasteiger charge is -2.17. The van der Waals surface area contributed by atoms with Crippen molar-refractivity contribution in [1.29, 1.82) is 0 Å². The third-order valence-electron chi connectivity index (χ3n) is 2.40. The van der Waals surface area contributed by atoms with Crippen LogP contribution in [-0.2, 0) is 19.1 Å². The summed E-state index contributed by atoms with van der Waals surface area (Å²) in [5.41, 5.74) is 0. The predicted molar refractivity (Wildman–Crippen MR) is 61.8 cm³/mol. The van der Waals surface area contributed by atoms with Crippen molar-refractivity contribution in [3.63, 3.8) is 0 Å². The number of esters is 1. The average molecular weight is 302 g/mol. The topological polar surface area (TPSA) is 52.6 Å². The molecule has 0 aromatic carbocycles. The Morgan fingerprint density at radius 2 is 1.80 bits per heavy atom. The largest absolute Gasteiger partial charge is 0.465 e. The zero-order valence-electron chi connectivity index (χ0n) is 11.3. The quantitative estimate of drug-likeness (QED) is 0.353. The molecule has 0 aliphatic rings. The molecule has 1 atom stereocenters. The number of carbonyl (C=O) groups excluding carboxylic acids is 2. The van der Waals surface area contributed by atoms with Crippen LogP contribution in [0, 0.1) is 5.92 Å². The molecule has 20 heavy (non-hydrogen) atoms. The molecule has 0 heterocycles. The third kappa shape index (κ3) is 6.31. The van der Waals surface area contributed by atoms with Crippen molar-refractivity contribution in [2.75, 3.05) is 19.8 Å². The Balaban J connectivity index is 4.37. The number of halogens is 4. The third-order valence-corrected chi connectivity index (χ3v) is 2.40. The molecule has 0 bridgehead atoms. The Labute approximate surface area is 114 Å². The van der Waals surface area contributed by atoms with Gasteiger partial charge in [-0.2, -0.15) is 8.78 Å². The van der Waals surface area contributed by atoms with Gasteiger partial charge in [-0.15, -0.1) is 0 Å². The molecule has 1 unspecified atom stereocenters. The number of carbonyl (C=O) groups is 2. The summed E-state index contributed by atoms with van der Waals surface area (Å²) in [6, 6.07) is 0. The number of ether oxygens (including phenoxy) is 2. The molecule has 0 amide bonds. The number of alkyl halides is 4.